The number of hydrogen-bond donors (Lipinski definition) is 0. The van der Waals surface area contributed by atoms with Crippen molar-refractivity contribution in [2.24, 2.45) is 0 Å². The van der Waals surface area contributed by atoms with Gasteiger partial charge in [-0.05, 0) is 0 Å². The topological polar surface area (TPSA) is 17.1 Å². The molecule has 1 radical (unpaired) electrons. The summed E-state index contributed by atoms with van der Waals surface area (Å²) in [5.74, 6) is 0. The van der Waals surface area contributed by atoms with Crippen LogP contribution in [0.15, 0.2) is 0 Å². The predicted molar refractivity (Wildman–Crippen MR) is 7.55 cm³/mol. The molecule has 0 rings (SSSR count). The summed E-state index contributed by atoms with van der Waals surface area (Å²) in [6.07, 6.45) is 0. The summed E-state index contributed by atoms with van der Waals surface area (Å²) in [6.45, 7) is 0. The Balaban J connectivity index is -0.00000000167. The second-order valence-corrected chi connectivity index (χ2v) is 0. The van der Waals surface area contributed by atoms with Crippen molar-refractivity contribution < 1.29 is 42.1 Å². The van der Waals surface area contributed by atoms with Crippen molar-refractivity contribution in [2.75, 3.05) is 0 Å². The molecule has 0 bridgehead atoms. The molecule has 19 valence electrons. The van der Waals surface area contributed by atoms with Crippen LogP contribution in [0, 0.1) is 0 Å². The van der Waals surface area contributed by atoms with E-state index in [4.69, 9.17) is 4.70 Å². The Hall–Kier alpha value is 0.982. The van der Waals surface area contributed by atoms with Gasteiger partial charge in [0.25, 0.3) is 0 Å². The molecule has 0 aromatic carbocycles. The summed E-state index contributed by atoms with van der Waals surface area (Å²) in [4.78, 5) is 0. The van der Waals surface area contributed by atoms with E-state index in [1.54, 1.807) is 0 Å². The molecule has 0 fully saturated rings. The smallest absolute Gasteiger partial charge is 1.00 e. The van der Waals surface area contributed by atoms with Crippen molar-refractivity contribution in [3.05, 3.63) is 0 Å². The Morgan fingerprint density at radius 2 is 1.50 bits per heavy atom. The predicted octanol–water partition coefficient (Wildman–Crippen LogP) is -3.39. The molecule has 0 aliphatic rings. The van der Waals surface area contributed by atoms with Gasteiger partial charge in [0, 0.05) is 17.1 Å². The third kappa shape index (κ3) is 12.1. The Morgan fingerprint density at radius 3 is 1.50 bits per heavy atom. The van der Waals surface area contributed by atoms with Crippen LogP contribution in [-0.2, 0) is 21.8 Å². The third-order valence-electron chi connectivity index (χ3n) is 0. The maximum absolute atomic E-state index is 7.75. The average molecular weight is 90.6 g/mol. The Labute approximate surface area is 50.1 Å². The van der Waals surface area contributed by atoms with Crippen LogP contribution in [-0.4, -0.2) is 7.72 Å². The first-order valence-electron chi connectivity index (χ1n) is 0.236. The van der Waals surface area contributed by atoms with E-state index in [-0.39, 0.29) is 37.4 Å². The fourth-order valence-corrected chi connectivity index (χ4v) is 0. The van der Waals surface area contributed by atoms with Crippen molar-refractivity contribution >= 4 is 7.72 Å². The van der Waals surface area contributed by atoms with Gasteiger partial charge in [0.05, 0.1) is 0 Å². The summed E-state index contributed by atoms with van der Waals surface area (Å²) in [6, 6.07) is 0. The Bertz CT molecular complexity index is 11.6. The van der Waals surface area contributed by atoms with Crippen LogP contribution in [0.2, 0.25) is 0 Å². The second kappa shape index (κ2) is 36.7. The monoisotopic (exact) mass is 91.0 g/mol. The fraction of sp³-hybridized carbons (Fsp3) is 0. The average Bonchev–Trinajstić information content (AvgIpc) is 1.00. The van der Waals surface area contributed by atoms with E-state index in [0.717, 1.165) is 0 Å². The maximum Gasteiger partial charge on any atom is 1.00 e. The molecule has 0 aliphatic carbocycles. The van der Waals surface area contributed by atoms with Gasteiger partial charge in [0.15, 0.2) is 0 Å². The first-order chi connectivity index (χ1) is 1.00. The van der Waals surface area contributed by atoms with Crippen molar-refractivity contribution in [1.29, 1.82) is 0 Å². The molecule has 0 N–H and O–H groups in total. The van der Waals surface area contributed by atoms with Gasteiger partial charge in [-0.15, -0.1) is 0 Å². The minimum absolute atomic E-state index is 0. The van der Waals surface area contributed by atoms with Gasteiger partial charge >= 0.3 is 31.3 Å². The number of hydrogen-bond acceptors (Lipinski definition) is 1. The first kappa shape index (κ1) is 20.1. The van der Waals surface area contributed by atoms with Crippen LogP contribution >= 0.6 is 0 Å². The molecule has 0 amide bonds. The molecule has 0 aromatic heterocycles. The minimum atomic E-state index is 0. The van der Waals surface area contributed by atoms with Gasteiger partial charge in [-0.1, -0.05) is 0 Å². The SMILES string of the molecule is [B]=O.[Fe].[H-].[Li+]. The zero-order valence-electron chi connectivity index (χ0n) is 3.34. The molecular weight excluding hydrogens is 89.6 g/mol. The summed E-state index contributed by atoms with van der Waals surface area (Å²) in [5.41, 5.74) is 0. The van der Waals surface area contributed by atoms with Gasteiger partial charge in [0.2, 0.25) is 0 Å². The van der Waals surface area contributed by atoms with Crippen LogP contribution in [0.3, 0.4) is 0 Å². The number of rotatable bonds is 0. The molecule has 4 heteroatoms. The van der Waals surface area contributed by atoms with Crippen LogP contribution in [0.25, 0.3) is 0 Å². The first-order valence-corrected chi connectivity index (χ1v) is 0.236. The molecule has 4 heavy (non-hydrogen) atoms. The second-order valence-electron chi connectivity index (χ2n) is 0. The quantitative estimate of drug-likeness (QED) is 0.284. The molecule has 1 nitrogen and oxygen atoms in total. The minimum Gasteiger partial charge on any atom is -1.00 e. The van der Waals surface area contributed by atoms with E-state index in [0.29, 0.717) is 0 Å². The summed E-state index contributed by atoms with van der Waals surface area (Å²) in [5, 5.41) is 0. The standard InChI is InChI=1S/BO.Fe.Li.H/c1-2;;;/q;;+1;-1. The largest absolute Gasteiger partial charge is 1.00 e. The molecule has 0 saturated carbocycles. The van der Waals surface area contributed by atoms with Crippen LogP contribution < -0.4 is 18.9 Å². The van der Waals surface area contributed by atoms with Crippen LogP contribution in [0.1, 0.15) is 1.43 Å². The fourth-order valence-electron chi connectivity index (χ4n) is 0. The van der Waals surface area contributed by atoms with E-state index in [1.165, 1.54) is 0 Å². The molecule has 0 aromatic rings. The van der Waals surface area contributed by atoms with Gasteiger partial charge < -0.3 is 1.43 Å². The molecule has 0 unspecified atom stereocenters. The summed E-state index contributed by atoms with van der Waals surface area (Å²) in [7, 11) is 3.25. The van der Waals surface area contributed by atoms with Gasteiger partial charge in [-0.25, -0.2) is 0 Å². The van der Waals surface area contributed by atoms with Crippen molar-refractivity contribution in [3.63, 3.8) is 0 Å². The van der Waals surface area contributed by atoms with E-state index in [9.17, 15) is 0 Å². The van der Waals surface area contributed by atoms with E-state index >= 15 is 0 Å². The zero-order valence-corrected chi connectivity index (χ0v) is 3.44. The van der Waals surface area contributed by atoms with E-state index < -0.39 is 0 Å². The van der Waals surface area contributed by atoms with Gasteiger partial charge in [-0.2, -0.15) is 0 Å². The van der Waals surface area contributed by atoms with Crippen molar-refractivity contribution in [1.82, 2.24) is 0 Å². The van der Waals surface area contributed by atoms with E-state index in [1.807, 2.05) is 0 Å². The van der Waals surface area contributed by atoms with Gasteiger partial charge in [0.1, 0.15) is 0 Å². The van der Waals surface area contributed by atoms with Crippen LogP contribution in [0.5, 0.6) is 0 Å². The summed E-state index contributed by atoms with van der Waals surface area (Å²) < 4.78 is 7.75. The molecule has 0 atom stereocenters. The Morgan fingerprint density at radius 1 is 1.50 bits per heavy atom. The van der Waals surface area contributed by atoms with Crippen molar-refractivity contribution in [2.45, 2.75) is 0 Å². The van der Waals surface area contributed by atoms with E-state index in [2.05, 4.69) is 7.72 Å². The normalized spacial score (nSPS) is 0.750. The molecule has 0 saturated heterocycles. The zero-order chi connectivity index (χ0) is 2.00. The maximum atomic E-state index is 7.75. The molecule has 0 spiro atoms. The van der Waals surface area contributed by atoms with Gasteiger partial charge in [-0.3, -0.25) is 0 Å². The van der Waals surface area contributed by atoms with Crippen LogP contribution in [0.4, 0.5) is 0 Å². The summed E-state index contributed by atoms with van der Waals surface area (Å²) >= 11 is 0. The van der Waals surface area contributed by atoms with Crippen molar-refractivity contribution in [3.8, 4) is 0 Å². The Kier molecular flexibility index (Phi) is 185. The third-order valence-corrected chi connectivity index (χ3v) is 0. The molecule has 0 aliphatic heterocycles. The molecular formula is HBFeLiO. The molecule has 0 heterocycles.